The summed E-state index contributed by atoms with van der Waals surface area (Å²) in [5.41, 5.74) is 9.11. The van der Waals surface area contributed by atoms with Crippen LogP contribution in [0.3, 0.4) is 0 Å². The number of allylic oxidation sites excluding steroid dienone is 12. The third kappa shape index (κ3) is 99.5. The zero-order chi connectivity index (χ0) is 38.6. The Bertz CT molecular complexity index is 760. The van der Waals surface area contributed by atoms with Crippen LogP contribution in [0.2, 0.25) is 0 Å². The van der Waals surface area contributed by atoms with Gasteiger partial charge >= 0.3 is 0 Å². The molecule has 0 heterocycles. The molecule has 0 aromatic heterocycles. The van der Waals surface area contributed by atoms with E-state index in [-0.39, 0.29) is 0 Å². The maximum absolute atomic E-state index is 4.17. The van der Waals surface area contributed by atoms with Crippen LogP contribution >= 0.6 is 0 Å². The highest BCUT2D eigenvalue weighted by atomic mass is 14.7. The van der Waals surface area contributed by atoms with Crippen LogP contribution in [0.15, 0.2) is 101 Å². The van der Waals surface area contributed by atoms with Crippen molar-refractivity contribution in [2.45, 2.75) is 179 Å². The molecule has 0 saturated heterocycles. The summed E-state index contributed by atoms with van der Waals surface area (Å²) in [7, 11) is 0. The molecule has 0 amide bonds. The van der Waals surface area contributed by atoms with E-state index in [2.05, 4.69) is 112 Å². The van der Waals surface area contributed by atoms with Crippen LogP contribution in [0.25, 0.3) is 0 Å². The third-order valence-electron chi connectivity index (χ3n) is 4.09. The van der Waals surface area contributed by atoms with Crippen molar-refractivity contribution < 1.29 is 0 Å². The van der Waals surface area contributed by atoms with Crippen LogP contribution in [0.5, 0.6) is 0 Å². The average Bonchev–Trinajstić information content (AvgIpc) is 2.96. The fourth-order valence-electron chi connectivity index (χ4n) is 2.92. The highest BCUT2D eigenvalue weighted by molar-refractivity contribution is 5.58. The number of hydrogen-bond donors (Lipinski definition) is 0. The van der Waals surface area contributed by atoms with Gasteiger partial charge in [0.15, 0.2) is 0 Å². The Balaban J connectivity index is -0.0000000498. The summed E-state index contributed by atoms with van der Waals surface area (Å²) in [4.78, 5) is 4.17. The fraction of sp³-hybridized carbons (Fsp3) is 0.614. The van der Waals surface area contributed by atoms with E-state index in [0.717, 1.165) is 29.7 Å². The molecule has 0 bridgehead atoms. The standard InChI is InChI=1S/C10H20.C9H14.C8H15N.C5H8.C4H8.4C2H6/c1-7-9(8(2)3)10(4,5)6;1-5-6-9(4)7-8(2)3;1-4-6-8(3)9-7-5-2;1-4-5(2)3;1-4(2)3;4*1-2/h7H2,1-6H3;5-7H,2H2,1,3-4H3;6-7H,4-5H2,1-3H3;4H,1-2H2,3H3;1H2,2-3H3;4*1-2H3/b;6-5-,9-7-;8-6-,9-7?;;;;;;. The van der Waals surface area contributed by atoms with Gasteiger partial charge in [0.1, 0.15) is 0 Å². The van der Waals surface area contributed by atoms with Crippen molar-refractivity contribution in [1.29, 1.82) is 0 Å². The van der Waals surface area contributed by atoms with Crippen LogP contribution in [0, 0.1) is 5.41 Å². The number of hydrogen-bond acceptors (Lipinski definition) is 1. The lowest BCUT2D eigenvalue weighted by Gasteiger charge is -2.23. The maximum atomic E-state index is 4.17. The molecule has 0 atom stereocenters. The molecule has 0 aromatic rings. The zero-order valence-electron chi connectivity index (χ0n) is 35.9. The minimum atomic E-state index is 0.369. The summed E-state index contributed by atoms with van der Waals surface area (Å²) in [6.07, 6.45) is 15.2. The minimum Gasteiger partial charge on any atom is -0.266 e. The van der Waals surface area contributed by atoms with E-state index in [1.165, 1.54) is 23.1 Å². The van der Waals surface area contributed by atoms with E-state index < -0.39 is 0 Å². The van der Waals surface area contributed by atoms with Gasteiger partial charge in [0, 0.05) is 11.9 Å². The van der Waals surface area contributed by atoms with E-state index in [0.29, 0.717) is 5.41 Å². The average molecular weight is 632 g/mol. The Morgan fingerprint density at radius 3 is 1.18 bits per heavy atom. The van der Waals surface area contributed by atoms with Gasteiger partial charge in [0.2, 0.25) is 0 Å². The first kappa shape index (κ1) is 65.3. The van der Waals surface area contributed by atoms with Gasteiger partial charge in [-0.25, -0.2) is 0 Å². The predicted octanol–water partition coefficient (Wildman–Crippen LogP) is 17.1. The summed E-state index contributed by atoms with van der Waals surface area (Å²) in [6, 6.07) is 0. The van der Waals surface area contributed by atoms with E-state index in [1.807, 2.05) is 109 Å². The maximum Gasteiger partial charge on any atom is 0.0328 e. The lowest BCUT2D eigenvalue weighted by atomic mass is 9.82. The minimum absolute atomic E-state index is 0.369. The SMILES string of the molecule is C=C(C)/C=C(C)\C=C/C.C=C(C)C.C=CC(=C)C.CC.CC.CC.CC.CCC(=C(C)C)C(C)(C)C.CCC=N/C(C)=C\CC. The Labute approximate surface area is 290 Å². The molecule has 0 aliphatic heterocycles. The Morgan fingerprint density at radius 1 is 0.667 bits per heavy atom. The van der Waals surface area contributed by atoms with Crippen molar-refractivity contribution in [1.82, 2.24) is 0 Å². The predicted molar refractivity (Wildman–Crippen MR) is 225 cm³/mol. The molecular formula is C44H89N. The van der Waals surface area contributed by atoms with Crippen LogP contribution in [-0.4, -0.2) is 6.21 Å². The molecule has 0 aromatic carbocycles. The number of nitrogens with zero attached hydrogens (tertiary/aromatic N) is 1. The first-order valence-electron chi connectivity index (χ1n) is 17.6. The van der Waals surface area contributed by atoms with Crippen molar-refractivity contribution in [3.05, 3.63) is 95.8 Å². The van der Waals surface area contributed by atoms with Crippen LogP contribution in [0.1, 0.15) is 179 Å². The van der Waals surface area contributed by atoms with E-state index >= 15 is 0 Å². The number of aliphatic imine (C=N–C) groups is 1. The van der Waals surface area contributed by atoms with Gasteiger partial charge < -0.3 is 0 Å². The third-order valence-corrected chi connectivity index (χ3v) is 4.09. The summed E-state index contributed by atoms with van der Waals surface area (Å²) in [5.74, 6) is 0. The second-order valence-electron chi connectivity index (χ2n) is 10.5. The van der Waals surface area contributed by atoms with E-state index in [9.17, 15) is 0 Å². The smallest absolute Gasteiger partial charge is 0.0328 e. The normalized spacial score (nSPS) is 9.49. The highest BCUT2D eigenvalue weighted by Crippen LogP contribution is 2.29. The van der Waals surface area contributed by atoms with Crippen LogP contribution in [0.4, 0.5) is 0 Å². The molecule has 0 N–H and O–H groups in total. The number of rotatable bonds is 7. The molecule has 270 valence electrons. The molecule has 0 saturated carbocycles. The quantitative estimate of drug-likeness (QED) is 0.151. The second-order valence-corrected chi connectivity index (χ2v) is 10.5. The van der Waals surface area contributed by atoms with Crippen molar-refractivity contribution in [3.63, 3.8) is 0 Å². The van der Waals surface area contributed by atoms with Gasteiger partial charge in [-0.15, -0.1) is 6.58 Å². The summed E-state index contributed by atoms with van der Waals surface area (Å²) < 4.78 is 0. The molecule has 0 radical (unpaired) electrons. The van der Waals surface area contributed by atoms with Crippen LogP contribution in [-0.2, 0) is 0 Å². The molecule has 0 aliphatic carbocycles. The lowest BCUT2D eigenvalue weighted by molar-refractivity contribution is 0.482. The van der Waals surface area contributed by atoms with E-state index in [4.69, 9.17) is 0 Å². The molecule has 1 nitrogen and oxygen atoms in total. The molecule has 45 heavy (non-hydrogen) atoms. The molecule has 0 unspecified atom stereocenters. The van der Waals surface area contributed by atoms with E-state index in [1.54, 1.807) is 11.6 Å². The van der Waals surface area contributed by atoms with Gasteiger partial charge in [-0.1, -0.05) is 180 Å². The molecule has 0 fully saturated rings. The molecule has 0 spiro atoms. The first-order valence-corrected chi connectivity index (χ1v) is 17.6. The summed E-state index contributed by atoms with van der Waals surface area (Å²) in [6.45, 7) is 61.9. The van der Waals surface area contributed by atoms with Gasteiger partial charge in [-0.05, 0) is 87.0 Å². The Kier molecular flexibility index (Phi) is 83.1. The van der Waals surface area contributed by atoms with Gasteiger partial charge in [0.25, 0.3) is 0 Å². The Hall–Kier alpha value is -2.41. The van der Waals surface area contributed by atoms with Crippen molar-refractivity contribution in [2.75, 3.05) is 0 Å². The van der Waals surface area contributed by atoms with Crippen LogP contribution < -0.4 is 0 Å². The van der Waals surface area contributed by atoms with Gasteiger partial charge in [-0.3, -0.25) is 4.99 Å². The van der Waals surface area contributed by atoms with Crippen molar-refractivity contribution in [2.24, 2.45) is 10.4 Å². The molecule has 0 aliphatic rings. The summed E-state index contributed by atoms with van der Waals surface area (Å²) in [5, 5.41) is 0. The summed E-state index contributed by atoms with van der Waals surface area (Å²) >= 11 is 0. The second kappa shape index (κ2) is 57.3. The topological polar surface area (TPSA) is 12.4 Å². The lowest BCUT2D eigenvalue weighted by Crippen LogP contribution is -2.09. The van der Waals surface area contributed by atoms with Gasteiger partial charge in [-0.2, -0.15) is 0 Å². The zero-order valence-corrected chi connectivity index (χ0v) is 35.9. The monoisotopic (exact) mass is 632 g/mol. The fourth-order valence-corrected chi connectivity index (χ4v) is 2.92. The van der Waals surface area contributed by atoms with Crippen molar-refractivity contribution >= 4 is 6.21 Å². The van der Waals surface area contributed by atoms with Crippen molar-refractivity contribution in [3.8, 4) is 0 Å². The Morgan fingerprint density at radius 2 is 1.02 bits per heavy atom. The van der Waals surface area contributed by atoms with Gasteiger partial charge in [0.05, 0.1) is 0 Å². The largest absolute Gasteiger partial charge is 0.266 e. The molecule has 1 heteroatoms. The first-order chi connectivity index (χ1) is 20.9. The molecular weight excluding hydrogens is 542 g/mol. The molecule has 0 rings (SSSR count). The highest BCUT2D eigenvalue weighted by Gasteiger charge is 2.15.